The predicted molar refractivity (Wildman–Crippen MR) is 80.5 cm³/mol. The third-order valence-electron chi connectivity index (χ3n) is 5.71. The molecule has 0 amide bonds. The molecule has 3 unspecified atom stereocenters. The van der Waals surface area contributed by atoms with E-state index in [0.717, 1.165) is 31.4 Å². The van der Waals surface area contributed by atoms with E-state index in [1.807, 2.05) is 12.1 Å². The first-order valence-corrected chi connectivity index (χ1v) is 8.28. The highest BCUT2D eigenvalue weighted by atomic mass is 16.4. The third-order valence-corrected chi connectivity index (χ3v) is 5.71. The van der Waals surface area contributed by atoms with Crippen LogP contribution in [0, 0.1) is 28.6 Å². The van der Waals surface area contributed by atoms with Crippen molar-refractivity contribution >= 4 is 0 Å². The first-order chi connectivity index (χ1) is 10.1. The van der Waals surface area contributed by atoms with E-state index in [-0.39, 0.29) is 0 Å². The van der Waals surface area contributed by atoms with Crippen molar-refractivity contribution in [3.05, 3.63) is 23.7 Å². The summed E-state index contributed by atoms with van der Waals surface area (Å²) in [5.41, 5.74) is -0.657. The van der Waals surface area contributed by atoms with Gasteiger partial charge >= 0.3 is 0 Å². The van der Waals surface area contributed by atoms with Gasteiger partial charge in [0.05, 0.1) is 11.5 Å². The molecule has 2 saturated carbocycles. The molecule has 3 heteroatoms. The van der Waals surface area contributed by atoms with Crippen LogP contribution in [0.4, 0.5) is 0 Å². The van der Waals surface area contributed by atoms with E-state index < -0.39 is 11.5 Å². The minimum absolute atomic E-state index is 0.514. The van der Waals surface area contributed by atoms with Gasteiger partial charge in [-0.05, 0) is 56.1 Å². The van der Waals surface area contributed by atoms with Crippen molar-refractivity contribution in [2.24, 2.45) is 17.3 Å². The number of aliphatic hydroxyl groups excluding tert-OH is 1. The Morgan fingerprint density at radius 1 is 1.43 bits per heavy atom. The molecule has 1 aromatic heterocycles. The molecule has 2 aliphatic carbocycles. The van der Waals surface area contributed by atoms with Crippen LogP contribution in [0.1, 0.15) is 75.9 Å². The maximum atomic E-state index is 10.7. The van der Waals surface area contributed by atoms with Gasteiger partial charge in [-0.25, -0.2) is 0 Å². The SMILES string of the molecule is CCC1CCC(C#N)(C(O)c2ccc(C3CC3C)o2)CC1. The van der Waals surface area contributed by atoms with Crippen molar-refractivity contribution < 1.29 is 9.52 Å². The van der Waals surface area contributed by atoms with E-state index in [0.29, 0.717) is 23.5 Å². The van der Waals surface area contributed by atoms with Crippen molar-refractivity contribution in [3.63, 3.8) is 0 Å². The summed E-state index contributed by atoms with van der Waals surface area (Å²) in [6.07, 6.45) is 5.18. The molecule has 3 nitrogen and oxygen atoms in total. The zero-order chi connectivity index (χ0) is 15.0. The highest BCUT2D eigenvalue weighted by molar-refractivity contribution is 5.22. The maximum absolute atomic E-state index is 10.7. The number of nitriles is 1. The first-order valence-electron chi connectivity index (χ1n) is 8.28. The van der Waals surface area contributed by atoms with Crippen LogP contribution in [0.25, 0.3) is 0 Å². The van der Waals surface area contributed by atoms with Crippen LogP contribution in [-0.2, 0) is 0 Å². The Kier molecular flexibility index (Phi) is 3.84. The zero-order valence-corrected chi connectivity index (χ0v) is 13.0. The zero-order valence-electron chi connectivity index (χ0n) is 13.0. The molecule has 21 heavy (non-hydrogen) atoms. The van der Waals surface area contributed by atoms with Crippen molar-refractivity contribution in [3.8, 4) is 6.07 Å². The van der Waals surface area contributed by atoms with E-state index in [1.54, 1.807) is 0 Å². The molecular formula is C18H25NO2. The Morgan fingerprint density at radius 3 is 2.62 bits per heavy atom. The fourth-order valence-corrected chi connectivity index (χ4v) is 3.75. The lowest BCUT2D eigenvalue weighted by molar-refractivity contribution is 0.00890. The van der Waals surface area contributed by atoms with Gasteiger partial charge in [-0.1, -0.05) is 20.3 Å². The second-order valence-corrected chi connectivity index (χ2v) is 7.08. The summed E-state index contributed by atoms with van der Waals surface area (Å²) >= 11 is 0. The quantitative estimate of drug-likeness (QED) is 0.884. The molecule has 3 atom stereocenters. The van der Waals surface area contributed by atoms with Crippen LogP contribution in [0.5, 0.6) is 0 Å². The molecule has 0 radical (unpaired) electrons. The molecule has 0 aromatic carbocycles. The molecule has 0 aliphatic heterocycles. The Labute approximate surface area is 127 Å². The smallest absolute Gasteiger partial charge is 0.134 e. The van der Waals surface area contributed by atoms with E-state index in [1.165, 1.54) is 12.8 Å². The van der Waals surface area contributed by atoms with Gasteiger partial charge in [0.1, 0.15) is 17.6 Å². The number of hydrogen-bond acceptors (Lipinski definition) is 3. The van der Waals surface area contributed by atoms with Gasteiger partial charge in [-0.2, -0.15) is 5.26 Å². The minimum Gasteiger partial charge on any atom is -0.463 e. The molecule has 1 N–H and O–H groups in total. The molecule has 1 aromatic rings. The topological polar surface area (TPSA) is 57.2 Å². The van der Waals surface area contributed by atoms with Crippen LogP contribution in [0.15, 0.2) is 16.5 Å². The average Bonchev–Trinajstić information content (AvgIpc) is 3.05. The lowest BCUT2D eigenvalue weighted by Crippen LogP contribution is -2.32. The van der Waals surface area contributed by atoms with Crippen molar-refractivity contribution in [2.75, 3.05) is 0 Å². The maximum Gasteiger partial charge on any atom is 0.134 e. The van der Waals surface area contributed by atoms with E-state index >= 15 is 0 Å². The first kappa shape index (κ1) is 14.7. The Morgan fingerprint density at radius 2 is 2.10 bits per heavy atom. The summed E-state index contributed by atoms with van der Waals surface area (Å²) in [6, 6.07) is 6.27. The van der Waals surface area contributed by atoms with Crippen molar-refractivity contribution in [1.82, 2.24) is 0 Å². The largest absolute Gasteiger partial charge is 0.463 e. The summed E-state index contributed by atoms with van der Waals surface area (Å²) in [5, 5.41) is 20.4. The second-order valence-electron chi connectivity index (χ2n) is 7.08. The van der Waals surface area contributed by atoms with Crippen LogP contribution in [0.3, 0.4) is 0 Å². The molecule has 0 saturated heterocycles. The fraction of sp³-hybridized carbons (Fsp3) is 0.722. The number of rotatable bonds is 4. The van der Waals surface area contributed by atoms with E-state index in [4.69, 9.17) is 4.42 Å². The summed E-state index contributed by atoms with van der Waals surface area (Å²) in [6.45, 7) is 4.42. The monoisotopic (exact) mass is 287 g/mol. The number of furan rings is 1. The lowest BCUT2D eigenvalue weighted by Gasteiger charge is -2.37. The molecule has 0 bridgehead atoms. The molecule has 3 rings (SSSR count). The molecule has 0 spiro atoms. The Hall–Kier alpha value is -1.27. The van der Waals surface area contributed by atoms with Crippen LogP contribution < -0.4 is 0 Å². The molecule has 114 valence electrons. The van der Waals surface area contributed by atoms with Gasteiger partial charge in [0, 0.05) is 5.92 Å². The van der Waals surface area contributed by atoms with Crippen molar-refractivity contribution in [2.45, 2.75) is 64.4 Å². The van der Waals surface area contributed by atoms with E-state index in [2.05, 4.69) is 19.9 Å². The summed E-state index contributed by atoms with van der Waals surface area (Å²) < 4.78 is 5.87. The van der Waals surface area contributed by atoms with Crippen LogP contribution >= 0.6 is 0 Å². The lowest BCUT2D eigenvalue weighted by atomic mass is 9.67. The fourth-order valence-electron chi connectivity index (χ4n) is 3.75. The predicted octanol–water partition coefficient (Wildman–Crippen LogP) is 4.55. The molecule has 1 heterocycles. The summed E-state index contributed by atoms with van der Waals surface area (Å²) in [5.74, 6) is 3.47. The highest BCUT2D eigenvalue weighted by Crippen LogP contribution is 2.51. The van der Waals surface area contributed by atoms with Gasteiger partial charge in [0.15, 0.2) is 0 Å². The van der Waals surface area contributed by atoms with Gasteiger partial charge in [-0.3, -0.25) is 0 Å². The van der Waals surface area contributed by atoms with E-state index in [9.17, 15) is 10.4 Å². The standard InChI is InChI=1S/C18H25NO2/c1-3-13-6-8-18(11-19,9-7-13)17(20)16-5-4-15(21-16)14-10-12(14)2/h4-5,12-14,17,20H,3,6-10H2,1-2H3. The van der Waals surface area contributed by atoms with Gasteiger partial charge in [-0.15, -0.1) is 0 Å². The van der Waals surface area contributed by atoms with Gasteiger partial charge < -0.3 is 9.52 Å². The second kappa shape index (κ2) is 5.50. The summed E-state index contributed by atoms with van der Waals surface area (Å²) in [7, 11) is 0. The highest BCUT2D eigenvalue weighted by Gasteiger charge is 2.44. The number of aliphatic hydroxyl groups is 1. The average molecular weight is 287 g/mol. The summed E-state index contributed by atoms with van der Waals surface area (Å²) in [4.78, 5) is 0. The minimum atomic E-state index is -0.789. The molecule has 2 aliphatic rings. The third kappa shape index (κ3) is 2.62. The van der Waals surface area contributed by atoms with Crippen LogP contribution in [0.2, 0.25) is 0 Å². The number of hydrogen-bond donors (Lipinski definition) is 1. The van der Waals surface area contributed by atoms with Gasteiger partial charge in [0.25, 0.3) is 0 Å². The Bertz CT molecular complexity index is 534. The van der Waals surface area contributed by atoms with Crippen LogP contribution in [-0.4, -0.2) is 5.11 Å². The molecular weight excluding hydrogens is 262 g/mol. The van der Waals surface area contributed by atoms with Crippen molar-refractivity contribution in [1.29, 1.82) is 5.26 Å². The Balaban J connectivity index is 1.75. The molecule has 2 fully saturated rings. The normalized spacial score (nSPS) is 37.0. The number of nitrogens with zero attached hydrogens (tertiary/aromatic N) is 1. The van der Waals surface area contributed by atoms with Gasteiger partial charge in [0.2, 0.25) is 0 Å².